The number of fused-ring (bicyclic) bond motifs is 1. The molecule has 1 aromatic heterocycles. The van der Waals surface area contributed by atoms with E-state index in [4.69, 9.17) is 4.42 Å². The molecule has 0 saturated heterocycles. The van der Waals surface area contributed by atoms with Crippen molar-refractivity contribution in [3.05, 3.63) is 155 Å². The highest BCUT2D eigenvalue weighted by Gasteiger charge is 2.57. The molecule has 1 heterocycles. The third-order valence-electron chi connectivity index (χ3n) is 8.45. The Morgan fingerprint density at radius 1 is 0.681 bits per heavy atom. The molecule has 0 aliphatic heterocycles. The van der Waals surface area contributed by atoms with Crippen LogP contribution in [-0.2, 0) is 25.2 Å². The molecule has 47 heavy (non-hydrogen) atoms. The molecule has 0 fully saturated rings. The predicted molar refractivity (Wildman–Crippen MR) is 187 cm³/mol. The second kappa shape index (κ2) is 12.0. The van der Waals surface area contributed by atoms with E-state index in [9.17, 15) is 22.8 Å². The zero-order valence-corrected chi connectivity index (χ0v) is 28.2. The van der Waals surface area contributed by atoms with Gasteiger partial charge in [-0.3, -0.25) is 9.29 Å². The number of aryl methyl sites for hydroxylation is 1. The average molecular weight is 666 g/mol. The minimum absolute atomic E-state index is 0.103. The molecule has 0 radical (unpaired) electrons. The van der Waals surface area contributed by atoms with Gasteiger partial charge in [0.1, 0.15) is 10.5 Å². The minimum atomic E-state index is -5.31. The van der Waals surface area contributed by atoms with Crippen LogP contribution < -0.4 is 4.72 Å². The van der Waals surface area contributed by atoms with Crippen LogP contribution in [-0.4, -0.2) is 18.2 Å². The Morgan fingerprint density at radius 3 is 1.74 bits per heavy atom. The molecule has 0 bridgehead atoms. The Hall–Kier alpha value is -4.46. The largest absolute Gasteiger partial charge is 0.458 e. The summed E-state index contributed by atoms with van der Waals surface area (Å²) in [7, 11) is -9.86. The Morgan fingerprint density at radius 2 is 1.23 bits per heavy atom. The molecule has 0 aliphatic carbocycles. The SMILES string of the molecule is Cc1ccc(NS(=O)(=O)c2c(C(c3ccccc3)(c3ccccc3)P(=O)(O)O)oc3cccc(-c4ccc(C(C)(C)C)cc4)c23)cc1. The Bertz CT molecular complexity index is 2160. The van der Waals surface area contributed by atoms with Crippen LogP contribution in [0.1, 0.15) is 48.8 Å². The first-order valence-electron chi connectivity index (χ1n) is 15.2. The number of nitrogens with one attached hydrogen (secondary N) is 1. The number of furan rings is 1. The summed E-state index contributed by atoms with van der Waals surface area (Å²) < 4.78 is 52.8. The van der Waals surface area contributed by atoms with Gasteiger partial charge in [-0.15, -0.1) is 0 Å². The average Bonchev–Trinajstić information content (AvgIpc) is 3.43. The van der Waals surface area contributed by atoms with Gasteiger partial charge in [0.25, 0.3) is 10.0 Å². The highest BCUT2D eigenvalue weighted by Crippen LogP contribution is 2.66. The minimum Gasteiger partial charge on any atom is -0.458 e. The molecule has 0 atom stereocenters. The third kappa shape index (κ3) is 5.83. The summed E-state index contributed by atoms with van der Waals surface area (Å²) >= 11 is 0. The highest BCUT2D eigenvalue weighted by molar-refractivity contribution is 7.93. The Kier molecular flexibility index (Phi) is 8.27. The summed E-state index contributed by atoms with van der Waals surface area (Å²) in [6, 6.07) is 36.3. The van der Waals surface area contributed by atoms with Gasteiger partial charge in [0.2, 0.25) is 0 Å². The summed E-state index contributed by atoms with van der Waals surface area (Å²) in [5.74, 6) is -0.378. The van der Waals surface area contributed by atoms with Crippen LogP contribution in [0.3, 0.4) is 0 Å². The Labute approximate surface area is 275 Å². The van der Waals surface area contributed by atoms with E-state index in [1.807, 2.05) is 31.2 Å². The lowest BCUT2D eigenvalue weighted by Gasteiger charge is -2.34. The fraction of sp³-hybridized carbons (Fsp3) is 0.158. The molecule has 0 amide bonds. The van der Waals surface area contributed by atoms with E-state index in [-0.39, 0.29) is 38.2 Å². The van der Waals surface area contributed by atoms with Gasteiger partial charge in [0.05, 0.1) is 0 Å². The van der Waals surface area contributed by atoms with Gasteiger partial charge in [-0.1, -0.05) is 136 Å². The zero-order valence-electron chi connectivity index (χ0n) is 26.5. The summed E-state index contributed by atoms with van der Waals surface area (Å²) in [5.41, 5.74) is 4.04. The van der Waals surface area contributed by atoms with E-state index in [0.29, 0.717) is 11.3 Å². The summed E-state index contributed by atoms with van der Waals surface area (Å²) in [6.07, 6.45) is 0. The van der Waals surface area contributed by atoms with Crippen molar-refractivity contribution in [1.29, 1.82) is 0 Å². The van der Waals surface area contributed by atoms with Crippen molar-refractivity contribution < 1.29 is 27.2 Å². The molecule has 240 valence electrons. The van der Waals surface area contributed by atoms with Gasteiger partial charge in [-0.25, -0.2) is 8.42 Å². The summed E-state index contributed by atoms with van der Waals surface area (Å²) in [6.45, 7) is 8.23. The maximum absolute atomic E-state index is 14.8. The van der Waals surface area contributed by atoms with E-state index < -0.39 is 22.8 Å². The monoisotopic (exact) mass is 665 g/mol. The molecule has 0 saturated carbocycles. The van der Waals surface area contributed by atoms with Gasteiger partial charge in [0, 0.05) is 11.1 Å². The molecule has 6 rings (SSSR count). The van der Waals surface area contributed by atoms with Gasteiger partial charge in [0.15, 0.2) is 10.9 Å². The van der Waals surface area contributed by atoms with Crippen LogP contribution in [0.25, 0.3) is 22.1 Å². The second-order valence-electron chi connectivity index (χ2n) is 12.7. The number of anilines is 1. The number of sulfonamides is 1. The van der Waals surface area contributed by atoms with Crippen LogP contribution in [0.15, 0.2) is 137 Å². The second-order valence-corrected chi connectivity index (χ2v) is 16.1. The van der Waals surface area contributed by atoms with Gasteiger partial charge in [-0.05, 0) is 58.4 Å². The van der Waals surface area contributed by atoms with E-state index in [1.165, 1.54) is 0 Å². The molecule has 0 spiro atoms. The summed E-state index contributed by atoms with van der Waals surface area (Å²) in [4.78, 5) is 22.6. The van der Waals surface area contributed by atoms with Crippen molar-refractivity contribution in [3.63, 3.8) is 0 Å². The Balaban J connectivity index is 1.76. The fourth-order valence-corrected chi connectivity index (χ4v) is 9.02. The van der Waals surface area contributed by atoms with Crippen LogP contribution in [0.2, 0.25) is 0 Å². The number of hydrogen-bond acceptors (Lipinski definition) is 4. The van der Waals surface area contributed by atoms with Crippen LogP contribution >= 0.6 is 7.60 Å². The number of hydrogen-bond donors (Lipinski definition) is 3. The molecule has 0 unspecified atom stereocenters. The van der Waals surface area contributed by atoms with Crippen molar-refractivity contribution in [2.45, 2.75) is 43.2 Å². The molecule has 6 aromatic rings. The highest BCUT2D eigenvalue weighted by atomic mass is 32.2. The lowest BCUT2D eigenvalue weighted by atomic mass is 9.86. The van der Waals surface area contributed by atoms with Gasteiger partial charge in [-0.2, -0.15) is 0 Å². The standard InChI is InChI=1S/C38H36NO6PS/c1-26-18-24-31(25-19-26)39-47(43,44)35-34-32(27-20-22-28(23-21-27)37(2,3)4)16-11-17-33(34)45-36(35)38(46(40,41)42,29-12-7-5-8-13-29)30-14-9-6-10-15-30/h5-25,39H,1-4H3,(H2,40,41,42). The zero-order chi connectivity index (χ0) is 33.6. The quantitative estimate of drug-likeness (QED) is 0.140. The van der Waals surface area contributed by atoms with Crippen molar-refractivity contribution in [1.82, 2.24) is 0 Å². The normalized spacial score (nSPS) is 12.7. The van der Waals surface area contributed by atoms with Gasteiger partial charge < -0.3 is 14.2 Å². The maximum atomic E-state index is 14.8. The first kappa shape index (κ1) is 32.5. The maximum Gasteiger partial charge on any atom is 0.348 e. The van der Waals surface area contributed by atoms with Crippen LogP contribution in [0.5, 0.6) is 0 Å². The van der Waals surface area contributed by atoms with E-state index >= 15 is 0 Å². The number of benzene rings is 5. The van der Waals surface area contributed by atoms with Crippen molar-refractivity contribution >= 4 is 34.3 Å². The molecule has 3 N–H and O–H groups in total. The van der Waals surface area contributed by atoms with Crippen molar-refractivity contribution in [3.8, 4) is 11.1 Å². The topological polar surface area (TPSA) is 117 Å². The molecular weight excluding hydrogens is 629 g/mol. The first-order chi connectivity index (χ1) is 22.2. The smallest absolute Gasteiger partial charge is 0.348 e. The molecule has 7 nitrogen and oxygen atoms in total. The number of rotatable bonds is 8. The molecular formula is C38H36NO6PS. The van der Waals surface area contributed by atoms with Gasteiger partial charge >= 0.3 is 7.60 Å². The lowest BCUT2D eigenvalue weighted by Crippen LogP contribution is -2.31. The van der Waals surface area contributed by atoms with E-state index in [1.54, 1.807) is 103 Å². The predicted octanol–water partition coefficient (Wildman–Crippen LogP) is 8.98. The molecule has 5 aromatic carbocycles. The van der Waals surface area contributed by atoms with Crippen LogP contribution in [0, 0.1) is 6.92 Å². The van der Waals surface area contributed by atoms with E-state index in [2.05, 4.69) is 25.5 Å². The first-order valence-corrected chi connectivity index (χ1v) is 18.3. The fourth-order valence-electron chi connectivity index (χ4n) is 6.09. The van der Waals surface area contributed by atoms with Crippen LogP contribution in [0.4, 0.5) is 5.69 Å². The lowest BCUT2D eigenvalue weighted by molar-refractivity contribution is 0.335. The van der Waals surface area contributed by atoms with Crippen molar-refractivity contribution in [2.24, 2.45) is 0 Å². The molecule has 9 heteroatoms. The molecule has 0 aliphatic rings. The third-order valence-corrected chi connectivity index (χ3v) is 11.5. The van der Waals surface area contributed by atoms with E-state index in [0.717, 1.165) is 16.7 Å². The summed E-state index contributed by atoms with van der Waals surface area (Å²) in [5, 5.41) is -2.10. The van der Waals surface area contributed by atoms with Crippen molar-refractivity contribution in [2.75, 3.05) is 4.72 Å².